The Morgan fingerprint density at radius 3 is 2.78 bits per heavy atom. The summed E-state index contributed by atoms with van der Waals surface area (Å²) in [5.74, 6) is 0.759. The van der Waals surface area contributed by atoms with Crippen LogP contribution in [0, 0.1) is 0 Å². The predicted octanol–water partition coefficient (Wildman–Crippen LogP) is 1.96. The van der Waals surface area contributed by atoms with Gasteiger partial charge in [0.05, 0.1) is 20.3 Å². The lowest BCUT2D eigenvalue weighted by molar-refractivity contribution is -0.119. The number of amides is 1. The topological polar surface area (TPSA) is 70.6 Å². The molecule has 1 amide bonds. The minimum atomic E-state index is -0.0747. The largest absolute Gasteiger partial charge is 0.496 e. The number of benzene rings is 2. The number of aliphatic hydroxyl groups excluding tert-OH is 1. The van der Waals surface area contributed by atoms with Crippen molar-refractivity contribution in [1.29, 1.82) is 0 Å². The highest BCUT2D eigenvalue weighted by Crippen LogP contribution is 2.17. The molecule has 2 aromatic carbocycles. The minimum absolute atomic E-state index is 0.0133. The van der Waals surface area contributed by atoms with Crippen LogP contribution < -0.4 is 15.4 Å². The first-order chi connectivity index (χ1) is 11.2. The van der Waals surface area contributed by atoms with E-state index in [0.717, 1.165) is 29.0 Å². The molecule has 0 aliphatic heterocycles. The Labute approximate surface area is 136 Å². The Morgan fingerprint density at radius 2 is 2.00 bits per heavy atom. The summed E-state index contributed by atoms with van der Waals surface area (Å²) < 4.78 is 5.28. The zero-order chi connectivity index (χ0) is 16.5. The van der Waals surface area contributed by atoms with Crippen LogP contribution in [0.25, 0.3) is 0 Å². The van der Waals surface area contributed by atoms with E-state index < -0.39 is 0 Å². The maximum absolute atomic E-state index is 11.9. The first kappa shape index (κ1) is 16.8. The zero-order valence-electron chi connectivity index (χ0n) is 13.2. The fourth-order valence-corrected chi connectivity index (χ4v) is 2.27. The van der Waals surface area contributed by atoms with Gasteiger partial charge in [0, 0.05) is 12.2 Å². The van der Waals surface area contributed by atoms with E-state index in [9.17, 15) is 4.79 Å². The number of anilines is 1. The molecule has 0 fully saturated rings. The van der Waals surface area contributed by atoms with Gasteiger partial charge in [-0.2, -0.15) is 0 Å². The fourth-order valence-electron chi connectivity index (χ4n) is 2.27. The van der Waals surface area contributed by atoms with Crippen molar-refractivity contribution < 1.29 is 14.6 Å². The predicted molar refractivity (Wildman–Crippen MR) is 90.6 cm³/mol. The maximum atomic E-state index is 11.9. The van der Waals surface area contributed by atoms with Crippen molar-refractivity contribution in [3.8, 4) is 5.75 Å². The Balaban J connectivity index is 1.74. The van der Waals surface area contributed by atoms with E-state index in [1.165, 1.54) is 0 Å². The highest BCUT2D eigenvalue weighted by molar-refractivity contribution is 5.80. The molecule has 5 heteroatoms. The highest BCUT2D eigenvalue weighted by Gasteiger charge is 2.04. The summed E-state index contributed by atoms with van der Waals surface area (Å²) >= 11 is 0. The second-order valence-electron chi connectivity index (χ2n) is 5.12. The van der Waals surface area contributed by atoms with Crippen LogP contribution >= 0.6 is 0 Å². The second-order valence-corrected chi connectivity index (χ2v) is 5.12. The van der Waals surface area contributed by atoms with Crippen molar-refractivity contribution in [2.75, 3.05) is 25.5 Å². The third kappa shape index (κ3) is 5.30. The van der Waals surface area contributed by atoms with E-state index in [4.69, 9.17) is 9.84 Å². The summed E-state index contributed by atoms with van der Waals surface area (Å²) in [7, 11) is 1.64. The van der Waals surface area contributed by atoms with Crippen LogP contribution in [-0.2, 0) is 17.8 Å². The Morgan fingerprint density at radius 1 is 1.17 bits per heavy atom. The fraction of sp³-hybridized carbons (Fsp3) is 0.278. The van der Waals surface area contributed by atoms with Crippen LogP contribution in [0.15, 0.2) is 48.5 Å². The van der Waals surface area contributed by atoms with Crippen LogP contribution in [0.2, 0.25) is 0 Å². The van der Waals surface area contributed by atoms with Crippen molar-refractivity contribution in [1.82, 2.24) is 5.32 Å². The van der Waals surface area contributed by atoms with Gasteiger partial charge >= 0.3 is 0 Å². The van der Waals surface area contributed by atoms with Crippen molar-refractivity contribution in [3.05, 3.63) is 59.7 Å². The summed E-state index contributed by atoms with van der Waals surface area (Å²) in [5.41, 5.74) is 2.70. The molecule has 0 unspecified atom stereocenters. The van der Waals surface area contributed by atoms with Crippen molar-refractivity contribution in [3.63, 3.8) is 0 Å². The number of para-hydroxylation sites is 1. The quantitative estimate of drug-likeness (QED) is 0.696. The van der Waals surface area contributed by atoms with E-state index in [1.54, 1.807) is 7.11 Å². The zero-order valence-corrected chi connectivity index (χ0v) is 13.2. The van der Waals surface area contributed by atoms with E-state index in [2.05, 4.69) is 10.6 Å². The third-order valence-electron chi connectivity index (χ3n) is 3.47. The number of methoxy groups -OCH3 is 1. The minimum Gasteiger partial charge on any atom is -0.496 e. The SMILES string of the molecule is COc1ccccc1CCNC(=O)CNc1cccc(CO)c1. The van der Waals surface area contributed by atoms with Crippen LogP contribution in [0.5, 0.6) is 5.75 Å². The normalized spacial score (nSPS) is 10.2. The van der Waals surface area contributed by atoms with Gasteiger partial charge < -0.3 is 20.5 Å². The van der Waals surface area contributed by atoms with E-state index >= 15 is 0 Å². The number of hydrogen-bond acceptors (Lipinski definition) is 4. The first-order valence-electron chi connectivity index (χ1n) is 7.55. The second kappa shape index (κ2) is 8.80. The van der Waals surface area contributed by atoms with Gasteiger partial charge in [-0.05, 0) is 35.7 Å². The first-order valence-corrected chi connectivity index (χ1v) is 7.55. The molecule has 23 heavy (non-hydrogen) atoms. The summed E-state index contributed by atoms with van der Waals surface area (Å²) in [4.78, 5) is 11.9. The molecule has 0 radical (unpaired) electrons. The summed E-state index contributed by atoms with van der Waals surface area (Å²) in [6, 6.07) is 15.1. The molecule has 122 valence electrons. The molecule has 0 saturated heterocycles. The van der Waals surface area contributed by atoms with E-state index in [0.29, 0.717) is 6.54 Å². The Kier molecular flexibility index (Phi) is 6.44. The van der Waals surface area contributed by atoms with Crippen LogP contribution in [0.4, 0.5) is 5.69 Å². The summed E-state index contributed by atoms with van der Waals surface area (Å²) in [5, 5.41) is 15.0. The Bertz CT molecular complexity index is 644. The van der Waals surface area contributed by atoms with Gasteiger partial charge in [0.2, 0.25) is 5.91 Å². The van der Waals surface area contributed by atoms with Crippen LogP contribution in [0.3, 0.4) is 0 Å². The standard InChI is InChI=1S/C18H22N2O3/c1-23-17-8-3-2-6-15(17)9-10-19-18(22)12-20-16-7-4-5-14(11-16)13-21/h2-8,11,20-21H,9-10,12-13H2,1H3,(H,19,22). The van der Waals surface area contributed by atoms with Crippen molar-refractivity contribution in [2.45, 2.75) is 13.0 Å². The van der Waals surface area contributed by atoms with Crippen LogP contribution in [-0.4, -0.2) is 31.2 Å². The highest BCUT2D eigenvalue weighted by atomic mass is 16.5. The molecule has 2 aromatic rings. The molecule has 0 atom stereocenters. The van der Waals surface area contributed by atoms with E-state index in [1.807, 2.05) is 48.5 Å². The molecule has 0 aromatic heterocycles. The molecule has 3 N–H and O–H groups in total. The molecule has 0 spiro atoms. The maximum Gasteiger partial charge on any atom is 0.239 e. The molecular formula is C18H22N2O3. The molecule has 2 rings (SSSR count). The smallest absolute Gasteiger partial charge is 0.239 e. The van der Waals surface area contributed by atoms with Gasteiger partial charge in [0.25, 0.3) is 0 Å². The van der Waals surface area contributed by atoms with Gasteiger partial charge in [-0.1, -0.05) is 30.3 Å². The van der Waals surface area contributed by atoms with E-state index in [-0.39, 0.29) is 19.1 Å². The number of rotatable bonds is 8. The van der Waals surface area contributed by atoms with Crippen molar-refractivity contribution in [2.24, 2.45) is 0 Å². The number of carbonyl (C=O) groups is 1. The lowest BCUT2D eigenvalue weighted by Gasteiger charge is -2.10. The van der Waals surface area contributed by atoms with Gasteiger partial charge in [0.1, 0.15) is 5.75 Å². The molecule has 0 aliphatic rings. The summed E-state index contributed by atoms with van der Waals surface area (Å²) in [6.07, 6.45) is 0.718. The number of carbonyl (C=O) groups excluding carboxylic acids is 1. The lowest BCUT2D eigenvalue weighted by Crippen LogP contribution is -2.31. The average molecular weight is 314 g/mol. The molecule has 0 bridgehead atoms. The van der Waals surface area contributed by atoms with Gasteiger partial charge in [-0.3, -0.25) is 4.79 Å². The molecular weight excluding hydrogens is 292 g/mol. The molecule has 0 aliphatic carbocycles. The number of ether oxygens (including phenoxy) is 1. The number of nitrogens with one attached hydrogen (secondary N) is 2. The lowest BCUT2D eigenvalue weighted by atomic mass is 10.1. The summed E-state index contributed by atoms with van der Waals surface area (Å²) in [6.45, 7) is 0.735. The Hall–Kier alpha value is -2.53. The van der Waals surface area contributed by atoms with Gasteiger partial charge in [-0.15, -0.1) is 0 Å². The van der Waals surface area contributed by atoms with Crippen LogP contribution in [0.1, 0.15) is 11.1 Å². The average Bonchev–Trinajstić information content (AvgIpc) is 2.60. The van der Waals surface area contributed by atoms with Gasteiger partial charge in [0.15, 0.2) is 0 Å². The van der Waals surface area contributed by atoms with Gasteiger partial charge in [-0.25, -0.2) is 0 Å². The molecule has 0 heterocycles. The molecule has 0 saturated carbocycles. The molecule has 5 nitrogen and oxygen atoms in total. The van der Waals surface area contributed by atoms with Crippen molar-refractivity contribution >= 4 is 11.6 Å². The monoisotopic (exact) mass is 314 g/mol. The number of aliphatic hydroxyl groups is 1. The number of hydrogen-bond donors (Lipinski definition) is 3. The third-order valence-corrected chi connectivity index (χ3v) is 3.47.